The predicted molar refractivity (Wildman–Crippen MR) is 119 cm³/mol. The molecule has 0 unspecified atom stereocenters. The average Bonchev–Trinajstić information content (AvgIpc) is 3.17. The number of carbonyl (C=O) groups excluding carboxylic acids is 1. The number of hydrogen-bond acceptors (Lipinski definition) is 4. The minimum Gasteiger partial charge on any atom is -0.361 e. The van der Waals surface area contributed by atoms with Gasteiger partial charge < -0.3 is 9.64 Å². The third kappa shape index (κ3) is 4.04. The monoisotopic (exact) mass is 431 g/mol. The van der Waals surface area contributed by atoms with Gasteiger partial charge >= 0.3 is 0 Å². The van der Waals surface area contributed by atoms with E-state index in [1.807, 2.05) is 59.6 Å². The number of benzene rings is 2. The largest absolute Gasteiger partial charge is 0.361 e. The van der Waals surface area contributed by atoms with E-state index in [1.165, 1.54) is 6.07 Å². The number of rotatable bonds is 5. The first-order valence-corrected chi connectivity index (χ1v) is 11.0. The molecule has 6 heteroatoms. The summed E-state index contributed by atoms with van der Waals surface area (Å²) in [6.07, 6.45) is 3.56. The van der Waals surface area contributed by atoms with Crippen molar-refractivity contribution in [3.63, 3.8) is 0 Å². The second-order valence-corrected chi connectivity index (χ2v) is 8.59. The Kier molecular flexibility index (Phi) is 5.72. The van der Waals surface area contributed by atoms with E-state index < -0.39 is 5.60 Å². The van der Waals surface area contributed by atoms with E-state index in [-0.39, 0.29) is 17.6 Å². The number of likely N-dealkylation sites (tertiary alicyclic amines) is 1. The zero-order valence-corrected chi connectivity index (χ0v) is 17.9. The second kappa shape index (κ2) is 8.81. The van der Waals surface area contributed by atoms with Gasteiger partial charge in [-0.25, -0.2) is 4.39 Å². The normalized spacial score (nSPS) is 23.7. The molecule has 164 valence electrons. The first kappa shape index (κ1) is 20.8. The zero-order valence-electron chi connectivity index (χ0n) is 17.9. The summed E-state index contributed by atoms with van der Waals surface area (Å²) in [7, 11) is 0. The summed E-state index contributed by atoms with van der Waals surface area (Å²) >= 11 is 0. The van der Waals surface area contributed by atoms with Crippen molar-refractivity contribution >= 4 is 5.91 Å². The van der Waals surface area contributed by atoms with Gasteiger partial charge in [0.05, 0.1) is 6.61 Å². The number of pyridine rings is 1. The topological polar surface area (TPSA) is 45.7 Å². The van der Waals surface area contributed by atoms with Crippen LogP contribution >= 0.6 is 0 Å². The fraction of sp³-hybridized carbons (Fsp3) is 0.308. The third-order valence-corrected chi connectivity index (χ3v) is 6.43. The average molecular weight is 432 g/mol. The number of aromatic nitrogens is 1. The van der Waals surface area contributed by atoms with Crippen LogP contribution < -0.4 is 0 Å². The van der Waals surface area contributed by atoms with E-state index in [1.54, 1.807) is 18.3 Å². The molecule has 5 nitrogen and oxygen atoms in total. The Balaban J connectivity index is 1.45. The zero-order chi connectivity index (χ0) is 22.0. The number of hydrogen-bond donors (Lipinski definition) is 0. The summed E-state index contributed by atoms with van der Waals surface area (Å²) in [5, 5.41) is 0. The molecule has 2 aliphatic heterocycles. The van der Waals surface area contributed by atoms with Crippen molar-refractivity contribution in [2.24, 2.45) is 0 Å². The minimum absolute atomic E-state index is 0.0169. The Morgan fingerprint density at radius 1 is 1.03 bits per heavy atom. The van der Waals surface area contributed by atoms with Gasteiger partial charge in [0, 0.05) is 51.0 Å². The summed E-state index contributed by atoms with van der Waals surface area (Å²) in [5.74, 6) is -0.377. The van der Waals surface area contributed by atoms with Crippen LogP contribution in [-0.4, -0.2) is 52.5 Å². The van der Waals surface area contributed by atoms with E-state index in [0.717, 1.165) is 16.7 Å². The molecule has 0 radical (unpaired) electrons. The smallest absolute Gasteiger partial charge is 0.257 e. The fourth-order valence-corrected chi connectivity index (χ4v) is 4.97. The molecule has 0 N–H and O–H groups in total. The standard InChI is InChI=1S/C26H26FN3O2/c27-23-10-4-8-21(14-23)16-29-18-24(22-9-5-11-28-15-22)26(19-29)25(31)30(12-13-32-26)17-20-6-2-1-3-7-20/h1-11,14-15,24H,12-13,16-19H2/t24-,26-/m1/s1. The van der Waals surface area contributed by atoms with Crippen LogP contribution in [-0.2, 0) is 22.6 Å². The van der Waals surface area contributed by atoms with Crippen molar-refractivity contribution in [3.8, 4) is 0 Å². The molecule has 1 spiro atoms. The summed E-state index contributed by atoms with van der Waals surface area (Å²) in [5.41, 5.74) is 2.01. The third-order valence-electron chi connectivity index (χ3n) is 6.43. The second-order valence-electron chi connectivity index (χ2n) is 8.59. The molecule has 0 saturated carbocycles. The quantitative estimate of drug-likeness (QED) is 0.619. The van der Waals surface area contributed by atoms with Gasteiger partial charge in [-0.3, -0.25) is 14.7 Å². The van der Waals surface area contributed by atoms with Crippen LogP contribution in [0.5, 0.6) is 0 Å². The Labute approximate surface area is 187 Å². The highest BCUT2D eigenvalue weighted by molar-refractivity contribution is 5.88. The van der Waals surface area contributed by atoms with Crippen LogP contribution in [0.15, 0.2) is 79.1 Å². The molecule has 32 heavy (non-hydrogen) atoms. The minimum atomic E-state index is -0.969. The molecule has 2 aromatic carbocycles. The van der Waals surface area contributed by atoms with Gasteiger partial charge in [0.2, 0.25) is 0 Å². The highest BCUT2D eigenvalue weighted by Crippen LogP contribution is 2.42. The van der Waals surface area contributed by atoms with Crippen LogP contribution in [0, 0.1) is 5.82 Å². The van der Waals surface area contributed by atoms with Crippen LogP contribution in [0.2, 0.25) is 0 Å². The van der Waals surface area contributed by atoms with Crippen LogP contribution in [0.25, 0.3) is 0 Å². The molecule has 2 aliphatic rings. The van der Waals surface area contributed by atoms with Crippen molar-refractivity contribution < 1.29 is 13.9 Å². The SMILES string of the molecule is O=C1N(Cc2ccccc2)CCO[C@@]12CN(Cc1cccc(F)c1)C[C@@H]2c1cccnc1. The molecule has 1 aromatic heterocycles. The predicted octanol–water partition coefficient (Wildman–Crippen LogP) is 3.62. The maximum absolute atomic E-state index is 13.9. The van der Waals surface area contributed by atoms with E-state index in [2.05, 4.69) is 9.88 Å². The van der Waals surface area contributed by atoms with Crippen molar-refractivity contribution in [3.05, 3.63) is 102 Å². The summed E-state index contributed by atoms with van der Waals surface area (Å²) in [6, 6.07) is 20.6. The molecule has 0 bridgehead atoms. The number of carbonyl (C=O) groups is 1. The number of halogens is 1. The van der Waals surface area contributed by atoms with Gasteiger partial charge in [0.1, 0.15) is 5.82 Å². The van der Waals surface area contributed by atoms with Gasteiger partial charge in [-0.15, -0.1) is 0 Å². The molecule has 5 rings (SSSR count). The van der Waals surface area contributed by atoms with Gasteiger partial charge in [-0.1, -0.05) is 48.5 Å². The molecule has 2 saturated heterocycles. The lowest BCUT2D eigenvalue weighted by molar-refractivity contribution is -0.173. The highest BCUT2D eigenvalue weighted by atomic mass is 19.1. The molecule has 3 aromatic rings. The van der Waals surface area contributed by atoms with Gasteiger partial charge in [-0.05, 0) is 34.9 Å². The van der Waals surface area contributed by atoms with Gasteiger partial charge in [0.25, 0.3) is 5.91 Å². The first-order valence-electron chi connectivity index (χ1n) is 11.0. The summed E-state index contributed by atoms with van der Waals surface area (Å²) < 4.78 is 20.1. The summed E-state index contributed by atoms with van der Waals surface area (Å²) in [6.45, 7) is 3.29. The first-order chi connectivity index (χ1) is 15.6. The highest BCUT2D eigenvalue weighted by Gasteiger charge is 2.56. The Morgan fingerprint density at radius 3 is 2.66 bits per heavy atom. The maximum atomic E-state index is 13.9. The van der Waals surface area contributed by atoms with E-state index in [9.17, 15) is 9.18 Å². The van der Waals surface area contributed by atoms with Crippen LogP contribution in [0.3, 0.4) is 0 Å². The number of ether oxygens (including phenoxy) is 1. The van der Waals surface area contributed by atoms with Gasteiger partial charge in [0.15, 0.2) is 5.60 Å². The lowest BCUT2D eigenvalue weighted by Gasteiger charge is -2.42. The fourth-order valence-electron chi connectivity index (χ4n) is 4.97. The molecular formula is C26H26FN3O2. The molecule has 2 fully saturated rings. The lowest BCUT2D eigenvalue weighted by Crippen LogP contribution is -2.59. The Bertz CT molecular complexity index is 1080. The molecule has 2 atom stereocenters. The van der Waals surface area contributed by atoms with Crippen molar-refractivity contribution in [1.29, 1.82) is 0 Å². The molecule has 0 aliphatic carbocycles. The van der Waals surface area contributed by atoms with Crippen molar-refractivity contribution in [2.45, 2.75) is 24.6 Å². The Hall–Kier alpha value is -3.09. The maximum Gasteiger partial charge on any atom is 0.257 e. The number of amides is 1. The Morgan fingerprint density at radius 2 is 1.88 bits per heavy atom. The lowest BCUT2D eigenvalue weighted by atomic mass is 9.83. The van der Waals surface area contributed by atoms with Gasteiger partial charge in [-0.2, -0.15) is 0 Å². The summed E-state index contributed by atoms with van der Waals surface area (Å²) in [4.78, 5) is 22.3. The molecule has 1 amide bonds. The number of nitrogens with zero attached hydrogens (tertiary/aromatic N) is 3. The van der Waals surface area contributed by atoms with E-state index in [4.69, 9.17) is 4.74 Å². The molecule has 3 heterocycles. The van der Waals surface area contributed by atoms with E-state index in [0.29, 0.717) is 39.3 Å². The molecular weight excluding hydrogens is 405 g/mol. The van der Waals surface area contributed by atoms with Crippen molar-refractivity contribution in [1.82, 2.24) is 14.8 Å². The van der Waals surface area contributed by atoms with E-state index >= 15 is 0 Å². The number of morpholine rings is 1. The van der Waals surface area contributed by atoms with Crippen LogP contribution in [0.1, 0.15) is 22.6 Å². The van der Waals surface area contributed by atoms with Crippen LogP contribution in [0.4, 0.5) is 4.39 Å². The van der Waals surface area contributed by atoms with Crippen molar-refractivity contribution in [2.75, 3.05) is 26.2 Å².